The molecular weight excluding hydrogens is 278 g/mol. The molecule has 4 nitrogen and oxygen atoms in total. The Morgan fingerprint density at radius 1 is 1.05 bits per heavy atom. The lowest BCUT2D eigenvalue weighted by molar-refractivity contribution is -0.111. The zero-order valence-electron chi connectivity index (χ0n) is 12.9. The highest BCUT2D eigenvalue weighted by atomic mass is 16.5. The van der Waals surface area contributed by atoms with E-state index in [1.165, 1.54) is 6.08 Å². The number of carbonyl (C=O) groups excluding carboxylic acids is 1. The largest absolute Gasteiger partial charge is 0.497 e. The second-order valence-electron chi connectivity index (χ2n) is 4.78. The molecule has 0 aliphatic heterocycles. The molecule has 2 aromatic carbocycles. The minimum atomic E-state index is -0.184. The maximum absolute atomic E-state index is 12.0. The van der Waals surface area contributed by atoms with Crippen molar-refractivity contribution in [2.75, 3.05) is 19.5 Å². The number of nitrogens with one attached hydrogen (secondary N) is 1. The Kier molecular flexibility index (Phi) is 5.20. The van der Waals surface area contributed by atoms with E-state index in [1.54, 1.807) is 26.4 Å². The van der Waals surface area contributed by atoms with E-state index < -0.39 is 0 Å². The van der Waals surface area contributed by atoms with Gasteiger partial charge in [0.15, 0.2) is 0 Å². The second kappa shape index (κ2) is 7.31. The number of hydrogen-bond acceptors (Lipinski definition) is 3. The van der Waals surface area contributed by atoms with Crippen molar-refractivity contribution in [2.24, 2.45) is 0 Å². The Labute approximate surface area is 130 Å². The summed E-state index contributed by atoms with van der Waals surface area (Å²) in [5.74, 6) is 1.17. The summed E-state index contributed by atoms with van der Waals surface area (Å²) in [6.45, 7) is 1.95. The molecule has 22 heavy (non-hydrogen) atoms. The molecule has 0 heterocycles. The molecule has 0 aromatic heterocycles. The van der Waals surface area contributed by atoms with E-state index in [-0.39, 0.29) is 5.91 Å². The van der Waals surface area contributed by atoms with Crippen molar-refractivity contribution in [3.8, 4) is 11.5 Å². The van der Waals surface area contributed by atoms with Crippen molar-refractivity contribution in [2.45, 2.75) is 6.92 Å². The van der Waals surface area contributed by atoms with Crippen LogP contribution in [0.4, 0.5) is 5.69 Å². The highest BCUT2D eigenvalue weighted by Gasteiger charge is 2.02. The molecule has 0 unspecified atom stereocenters. The number of carbonyl (C=O) groups is 1. The molecule has 1 N–H and O–H groups in total. The van der Waals surface area contributed by atoms with Gasteiger partial charge in [-0.05, 0) is 42.3 Å². The fourth-order valence-corrected chi connectivity index (χ4v) is 1.99. The van der Waals surface area contributed by atoms with E-state index in [0.717, 1.165) is 16.8 Å². The van der Waals surface area contributed by atoms with Gasteiger partial charge in [0.1, 0.15) is 11.5 Å². The maximum Gasteiger partial charge on any atom is 0.248 e. The van der Waals surface area contributed by atoms with Crippen LogP contribution in [0.25, 0.3) is 6.08 Å². The normalized spacial score (nSPS) is 10.5. The van der Waals surface area contributed by atoms with Crippen LogP contribution in [-0.4, -0.2) is 20.1 Å². The first-order chi connectivity index (χ1) is 10.6. The lowest BCUT2D eigenvalue weighted by Gasteiger charge is -2.06. The molecule has 114 valence electrons. The van der Waals surface area contributed by atoms with E-state index >= 15 is 0 Å². The maximum atomic E-state index is 12.0. The summed E-state index contributed by atoms with van der Waals surface area (Å²) < 4.78 is 10.4. The highest BCUT2D eigenvalue weighted by Crippen LogP contribution is 2.23. The third-order valence-corrected chi connectivity index (χ3v) is 3.20. The molecule has 0 spiro atoms. The van der Waals surface area contributed by atoms with Gasteiger partial charge in [-0.3, -0.25) is 4.79 Å². The van der Waals surface area contributed by atoms with Gasteiger partial charge in [-0.25, -0.2) is 0 Å². The number of methoxy groups -OCH3 is 2. The lowest BCUT2D eigenvalue weighted by Crippen LogP contribution is -2.08. The first kappa shape index (κ1) is 15.6. The molecule has 2 aromatic rings. The molecule has 0 radical (unpaired) electrons. The van der Waals surface area contributed by atoms with Gasteiger partial charge in [-0.2, -0.15) is 0 Å². The van der Waals surface area contributed by atoms with Gasteiger partial charge in [0.25, 0.3) is 0 Å². The summed E-state index contributed by atoms with van der Waals surface area (Å²) in [6.07, 6.45) is 3.21. The Balaban J connectivity index is 2.11. The van der Waals surface area contributed by atoms with Gasteiger partial charge >= 0.3 is 0 Å². The van der Waals surface area contributed by atoms with Crippen molar-refractivity contribution in [1.29, 1.82) is 0 Å². The summed E-state index contributed by atoms with van der Waals surface area (Å²) in [5.41, 5.74) is 2.66. The minimum absolute atomic E-state index is 0.184. The van der Waals surface area contributed by atoms with Gasteiger partial charge in [0.05, 0.1) is 14.2 Å². The summed E-state index contributed by atoms with van der Waals surface area (Å²) in [4.78, 5) is 12.0. The number of benzene rings is 2. The zero-order chi connectivity index (χ0) is 15.9. The van der Waals surface area contributed by atoms with Crippen LogP contribution in [-0.2, 0) is 4.79 Å². The number of amides is 1. The van der Waals surface area contributed by atoms with E-state index in [2.05, 4.69) is 5.32 Å². The number of para-hydroxylation sites is 1. The van der Waals surface area contributed by atoms with Crippen LogP contribution < -0.4 is 14.8 Å². The summed E-state index contributed by atoms with van der Waals surface area (Å²) in [6, 6.07) is 13.1. The Morgan fingerprint density at radius 3 is 2.27 bits per heavy atom. The van der Waals surface area contributed by atoms with Crippen molar-refractivity contribution < 1.29 is 14.3 Å². The number of anilines is 1. The van der Waals surface area contributed by atoms with Crippen LogP contribution in [0, 0.1) is 6.92 Å². The highest BCUT2D eigenvalue weighted by molar-refractivity contribution is 6.02. The molecule has 0 aliphatic rings. The summed E-state index contributed by atoms with van der Waals surface area (Å²) >= 11 is 0. The summed E-state index contributed by atoms with van der Waals surface area (Å²) in [7, 11) is 3.18. The predicted octanol–water partition coefficient (Wildman–Crippen LogP) is 3.66. The molecule has 0 saturated carbocycles. The Morgan fingerprint density at radius 2 is 1.68 bits per heavy atom. The van der Waals surface area contributed by atoms with Crippen molar-refractivity contribution in [1.82, 2.24) is 0 Å². The van der Waals surface area contributed by atoms with E-state index in [4.69, 9.17) is 9.47 Å². The summed E-state index contributed by atoms with van der Waals surface area (Å²) in [5, 5.41) is 2.85. The fourth-order valence-electron chi connectivity index (χ4n) is 1.99. The minimum Gasteiger partial charge on any atom is -0.497 e. The first-order valence-corrected chi connectivity index (χ1v) is 6.90. The smallest absolute Gasteiger partial charge is 0.248 e. The molecule has 1 amide bonds. The average molecular weight is 297 g/mol. The van der Waals surface area contributed by atoms with Crippen LogP contribution in [0.2, 0.25) is 0 Å². The number of hydrogen-bond donors (Lipinski definition) is 1. The molecule has 2 rings (SSSR count). The van der Waals surface area contributed by atoms with E-state index in [9.17, 15) is 4.79 Å². The van der Waals surface area contributed by atoms with Crippen molar-refractivity contribution >= 4 is 17.7 Å². The van der Waals surface area contributed by atoms with Crippen molar-refractivity contribution in [3.63, 3.8) is 0 Å². The Bertz CT molecular complexity index is 670. The zero-order valence-corrected chi connectivity index (χ0v) is 12.9. The molecule has 4 heteroatoms. The van der Waals surface area contributed by atoms with Gasteiger partial charge < -0.3 is 14.8 Å². The van der Waals surface area contributed by atoms with Crippen LogP contribution in [0.15, 0.2) is 48.5 Å². The standard InChI is InChI=1S/C18H19NO3/c1-13-6-4-5-7-17(13)19-18(20)9-8-14-10-15(21-2)12-16(11-14)22-3/h4-12H,1-3H3,(H,19,20). The molecule has 0 atom stereocenters. The fraction of sp³-hybridized carbons (Fsp3) is 0.167. The molecule has 0 bridgehead atoms. The molecule has 0 fully saturated rings. The monoisotopic (exact) mass is 297 g/mol. The first-order valence-electron chi connectivity index (χ1n) is 6.90. The number of ether oxygens (including phenoxy) is 2. The van der Waals surface area contributed by atoms with Crippen LogP contribution >= 0.6 is 0 Å². The van der Waals surface area contributed by atoms with Gasteiger partial charge in [-0.15, -0.1) is 0 Å². The van der Waals surface area contributed by atoms with Crippen LogP contribution in [0.3, 0.4) is 0 Å². The SMILES string of the molecule is COc1cc(C=CC(=O)Nc2ccccc2C)cc(OC)c1. The topological polar surface area (TPSA) is 47.6 Å². The third kappa shape index (κ3) is 4.12. The average Bonchev–Trinajstić information content (AvgIpc) is 2.54. The molecule has 0 saturated heterocycles. The second-order valence-corrected chi connectivity index (χ2v) is 4.78. The van der Waals surface area contributed by atoms with Gasteiger partial charge in [-0.1, -0.05) is 18.2 Å². The predicted molar refractivity (Wildman–Crippen MR) is 88.4 cm³/mol. The van der Waals surface area contributed by atoms with E-state index in [0.29, 0.717) is 11.5 Å². The van der Waals surface area contributed by atoms with Gasteiger partial charge in [0, 0.05) is 17.8 Å². The Hall–Kier alpha value is -2.75. The molecule has 0 aliphatic carbocycles. The number of rotatable bonds is 5. The molecular formula is C18H19NO3. The van der Waals surface area contributed by atoms with Crippen molar-refractivity contribution in [3.05, 3.63) is 59.7 Å². The third-order valence-electron chi connectivity index (χ3n) is 3.20. The lowest BCUT2D eigenvalue weighted by atomic mass is 10.1. The van der Waals surface area contributed by atoms with Crippen LogP contribution in [0.5, 0.6) is 11.5 Å². The number of aryl methyl sites for hydroxylation is 1. The van der Waals surface area contributed by atoms with E-state index in [1.807, 2.05) is 43.3 Å². The van der Waals surface area contributed by atoms with Gasteiger partial charge in [0.2, 0.25) is 5.91 Å². The van der Waals surface area contributed by atoms with Crippen LogP contribution in [0.1, 0.15) is 11.1 Å². The quantitative estimate of drug-likeness (QED) is 0.857.